The van der Waals surface area contributed by atoms with Gasteiger partial charge in [-0.3, -0.25) is 9.78 Å². The minimum Gasteiger partial charge on any atom is -0.496 e. The van der Waals surface area contributed by atoms with Crippen LogP contribution in [0.4, 0.5) is 5.69 Å². The predicted octanol–water partition coefficient (Wildman–Crippen LogP) is 5.25. The van der Waals surface area contributed by atoms with Gasteiger partial charge in [0.05, 0.1) is 18.9 Å². The number of nitrogens with one attached hydrogen (secondary N) is 1. The lowest BCUT2D eigenvalue weighted by atomic mass is 10.1. The SMILES string of the molecule is COc1ccccc1Cc1cc(C(=O)Nc2ccccc2OC2CCCC2)ccn1. The van der Waals surface area contributed by atoms with Crippen LogP contribution in [0, 0.1) is 0 Å². The highest BCUT2D eigenvalue weighted by molar-refractivity contribution is 6.05. The van der Waals surface area contributed by atoms with Crippen molar-refractivity contribution in [3.05, 3.63) is 83.7 Å². The van der Waals surface area contributed by atoms with Crippen LogP contribution in [0.2, 0.25) is 0 Å². The number of para-hydroxylation sites is 3. The van der Waals surface area contributed by atoms with Crippen molar-refractivity contribution in [3.63, 3.8) is 0 Å². The van der Waals surface area contributed by atoms with E-state index in [1.54, 1.807) is 19.4 Å². The Hall–Kier alpha value is -3.34. The molecule has 0 aliphatic heterocycles. The summed E-state index contributed by atoms with van der Waals surface area (Å²) in [7, 11) is 1.65. The molecule has 1 aromatic heterocycles. The molecule has 1 aliphatic carbocycles. The molecular formula is C25H26N2O3. The molecule has 1 fully saturated rings. The lowest BCUT2D eigenvalue weighted by Gasteiger charge is -2.17. The second kappa shape index (κ2) is 9.44. The molecule has 5 nitrogen and oxygen atoms in total. The summed E-state index contributed by atoms with van der Waals surface area (Å²) in [6, 6.07) is 19.0. The number of aromatic nitrogens is 1. The number of carbonyl (C=O) groups excluding carboxylic acids is 1. The Bertz CT molecular complexity index is 1010. The van der Waals surface area contributed by atoms with Crippen molar-refractivity contribution in [2.45, 2.75) is 38.2 Å². The molecule has 3 aromatic rings. The topological polar surface area (TPSA) is 60.5 Å². The van der Waals surface area contributed by atoms with E-state index in [1.807, 2.05) is 54.6 Å². The highest BCUT2D eigenvalue weighted by Gasteiger charge is 2.19. The average Bonchev–Trinajstić information content (AvgIpc) is 3.29. The molecule has 1 N–H and O–H groups in total. The maximum atomic E-state index is 12.9. The van der Waals surface area contributed by atoms with Crippen LogP contribution in [-0.2, 0) is 6.42 Å². The number of pyridine rings is 1. The number of carbonyl (C=O) groups is 1. The number of nitrogens with zero attached hydrogens (tertiary/aromatic N) is 1. The number of hydrogen-bond acceptors (Lipinski definition) is 4. The highest BCUT2D eigenvalue weighted by atomic mass is 16.5. The minimum absolute atomic E-state index is 0.179. The van der Waals surface area contributed by atoms with Gasteiger partial charge in [-0.25, -0.2) is 0 Å². The van der Waals surface area contributed by atoms with Crippen LogP contribution < -0.4 is 14.8 Å². The number of benzene rings is 2. The molecule has 5 heteroatoms. The van der Waals surface area contributed by atoms with Crippen molar-refractivity contribution < 1.29 is 14.3 Å². The van der Waals surface area contributed by atoms with Crippen LogP contribution in [0.25, 0.3) is 0 Å². The molecule has 0 radical (unpaired) electrons. The van der Waals surface area contributed by atoms with Gasteiger partial charge >= 0.3 is 0 Å². The molecule has 0 spiro atoms. The zero-order chi connectivity index (χ0) is 20.8. The number of methoxy groups -OCH3 is 1. The fraction of sp³-hybridized carbons (Fsp3) is 0.280. The first-order valence-electron chi connectivity index (χ1n) is 10.4. The molecule has 1 saturated carbocycles. The minimum atomic E-state index is -0.179. The van der Waals surface area contributed by atoms with Gasteiger partial charge in [-0.05, 0) is 56.0 Å². The Balaban J connectivity index is 1.49. The Kier molecular flexibility index (Phi) is 6.28. The van der Waals surface area contributed by atoms with Crippen LogP contribution in [0.15, 0.2) is 66.9 Å². The summed E-state index contributed by atoms with van der Waals surface area (Å²) in [6.07, 6.45) is 7.03. The van der Waals surface area contributed by atoms with Crippen molar-refractivity contribution in [3.8, 4) is 11.5 Å². The quantitative estimate of drug-likeness (QED) is 0.586. The number of ether oxygens (including phenoxy) is 2. The smallest absolute Gasteiger partial charge is 0.255 e. The fourth-order valence-electron chi connectivity index (χ4n) is 3.81. The molecule has 0 unspecified atom stereocenters. The Labute approximate surface area is 177 Å². The lowest BCUT2D eigenvalue weighted by Crippen LogP contribution is -2.16. The third-order valence-corrected chi connectivity index (χ3v) is 5.37. The highest BCUT2D eigenvalue weighted by Crippen LogP contribution is 2.30. The van der Waals surface area contributed by atoms with Crippen molar-refractivity contribution in [2.75, 3.05) is 12.4 Å². The van der Waals surface area contributed by atoms with Gasteiger partial charge in [-0.1, -0.05) is 30.3 Å². The van der Waals surface area contributed by atoms with Crippen LogP contribution >= 0.6 is 0 Å². The fourth-order valence-corrected chi connectivity index (χ4v) is 3.81. The molecule has 154 valence electrons. The molecule has 30 heavy (non-hydrogen) atoms. The standard InChI is InChI=1S/C25H26N2O3/c1-29-23-12-6-2-8-18(23)16-20-17-19(14-15-26-20)25(28)27-22-11-5-7-13-24(22)30-21-9-3-4-10-21/h2,5-8,11-15,17,21H,3-4,9-10,16H2,1H3,(H,27,28). The monoisotopic (exact) mass is 402 g/mol. The summed E-state index contributed by atoms with van der Waals surface area (Å²) in [5, 5.41) is 3.00. The molecular weight excluding hydrogens is 376 g/mol. The third-order valence-electron chi connectivity index (χ3n) is 5.37. The summed E-state index contributed by atoms with van der Waals surface area (Å²) in [5.74, 6) is 1.36. The summed E-state index contributed by atoms with van der Waals surface area (Å²) in [5.41, 5.74) is 3.09. The van der Waals surface area contributed by atoms with E-state index in [1.165, 1.54) is 12.8 Å². The summed E-state index contributed by atoms with van der Waals surface area (Å²) >= 11 is 0. The first-order valence-corrected chi connectivity index (χ1v) is 10.4. The molecule has 0 saturated heterocycles. The van der Waals surface area contributed by atoms with Gasteiger partial charge in [0, 0.05) is 29.4 Å². The van der Waals surface area contributed by atoms with E-state index in [-0.39, 0.29) is 12.0 Å². The van der Waals surface area contributed by atoms with Gasteiger partial charge in [0.1, 0.15) is 11.5 Å². The molecule has 1 heterocycles. The van der Waals surface area contributed by atoms with Crippen molar-refractivity contribution in [2.24, 2.45) is 0 Å². The van der Waals surface area contributed by atoms with E-state index in [0.717, 1.165) is 35.6 Å². The second-order valence-electron chi connectivity index (χ2n) is 7.50. The zero-order valence-corrected chi connectivity index (χ0v) is 17.1. The van der Waals surface area contributed by atoms with E-state index >= 15 is 0 Å². The van der Waals surface area contributed by atoms with Gasteiger partial charge in [0.2, 0.25) is 0 Å². The van der Waals surface area contributed by atoms with Gasteiger partial charge in [-0.2, -0.15) is 0 Å². The normalized spacial score (nSPS) is 13.8. The average molecular weight is 402 g/mol. The molecule has 0 atom stereocenters. The van der Waals surface area contributed by atoms with E-state index in [2.05, 4.69) is 10.3 Å². The van der Waals surface area contributed by atoms with Crippen LogP contribution in [0.3, 0.4) is 0 Å². The van der Waals surface area contributed by atoms with Crippen LogP contribution in [0.5, 0.6) is 11.5 Å². The van der Waals surface area contributed by atoms with Gasteiger partial charge < -0.3 is 14.8 Å². The molecule has 4 rings (SSSR count). The Morgan fingerprint density at radius 2 is 1.77 bits per heavy atom. The van der Waals surface area contributed by atoms with Crippen molar-refractivity contribution in [1.82, 2.24) is 4.98 Å². The Morgan fingerprint density at radius 1 is 1.03 bits per heavy atom. The second-order valence-corrected chi connectivity index (χ2v) is 7.50. The van der Waals surface area contributed by atoms with Crippen molar-refractivity contribution in [1.29, 1.82) is 0 Å². The van der Waals surface area contributed by atoms with Gasteiger partial charge in [0.25, 0.3) is 5.91 Å². The van der Waals surface area contributed by atoms with E-state index in [9.17, 15) is 4.79 Å². The van der Waals surface area contributed by atoms with E-state index in [4.69, 9.17) is 9.47 Å². The van der Waals surface area contributed by atoms with E-state index in [0.29, 0.717) is 17.7 Å². The number of anilines is 1. The first kappa shape index (κ1) is 20.0. The summed E-state index contributed by atoms with van der Waals surface area (Å²) < 4.78 is 11.6. The summed E-state index contributed by atoms with van der Waals surface area (Å²) in [4.78, 5) is 17.3. The van der Waals surface area contributed by atoms with Crippen LogP contribution in [-0.4, -0.2) is 24.1 Å². The zero-order valence-electron chi connectivity index (χ0n) is 17.1. The lowest BCUT2D eigenvalue weighted by molar-refractivity contribution is 0.102. The maximum absolute atomic E-state index is 12.9. The van der Waals surface area contributed by atoms with Gasteiger partial charge in [-0.15, -0.1) is 0 Å². The number of hydrogen-bond donors (Lipinski definition) is 1. The number of rotatable bonds is 7. The van der Waals surface area contributed by atoms with Gasteiger partial charge in [0.15, 0.2) is 0 Å². The summed E-state index contributed by atoms with van der Waals surface area (Å²) in [6.45, 7) is 0. The van der Waals surface area contributed by atoms with Crippen LogP contribution in [0.1, 0.15) is 47.3 Å². The third kappa shape index (κ3) is 4.79. The molecule has 1 aliphatic rings. The Morgan fingerprint density at radius 3 is 2.57 bits per heavy atom. The van der Waals surface area contributed by atoms with E-state index < -0.39 is 0 Å². The maximum Gasteiger partial charge on any atom is 0.255 e. The van der Waals surface area contributed by atoms with Crippen molar-refractivity contribution >= 4 is 11.6 Å². The molecule has 0 bridgehead atoms. The predicted molar refractivity (Wildman–Crippen MR) is 117 cm³/mol. The molecule has 1 amide bonds. The molecule has 2 aromatic carbocycles. The first-order chi connectivity index (χ1) is 14.7. The largest absolute Gasteiger partial charge is 0.496 e. The number of amides is 1.